The second kappa shape index (κ2) is 4.47. The molecule has 87 valence electrons. The first-order valence-corrected chi connectivity index (χ1v) is 6.56. The molecule has 1 saturated heterocycles. The summed E-state index contributed by atoms with van der Waals surface area (Å²) in [7, 11) is 0. The van der Waals surface area contributed by atoms with Crippen molar-refractivity contribution in [1.82, 2.24) is 10.3 Å². The molecule has 1 radical (unpaired) electrons. The van der Waals surface area contributed by atoms with E-state index in [-0.39, 0.29) is 5.75 Å². The predicted molar refractivity (Wildman–Crippen MR) is 68.0 cm³/mol. The molecule has 0 aliphatic carbocycles. The minimum absolute atomic E-state index is 0.282. The van der Waals surface area contributed by atoms with Crippen LogP contribution in [0.1, 0.15) is 23.9 Å². The average molecular weight is 245 g/mol. The predicted octanol–water partition coefficient (Wildman–Crippen LogP) is 2.74. The van der Waals surface area contributed by atoms with E-state index in [1.54, 1.807) is 23.5 Å². The fraction of sp³-hybridized carbons (Fsp3) is 0.308. The highest BCUT2D eigenvalue weighted by Crippen LogP contribution is 2.32. The molecule has 1 fully saturated rings. The second-order valence-corrected chi connectivity index (χ2v) is 5.22. The summed E-state index contributed by atoms with van der Waals surface area (Å²) in [5, 5.41) is 14.0. The monoisotopic (exact) mass is 245 g/mol. The highest BCUT2D eigenvalue weighted by atomic mass is 32.1. The van der Waals surface area contributed by atoms with E-state index in [2.05, 4.69) is 16.5 Å². The van der Waals surface area contributed by atoms with Gasteiger partial charge in [0, 0.05) is 0 Å². The number of aromatic nitrogens is 1. The summed E-state index contributed by atoms with van der Waals surface area (Å²) in [6, 6.07) is 7.61. The third kappa shape index (κ3) is 2.18. The molecular weight excluding hydrogens is 232 g/mol. The number of benzene rings is 1. The number of phenolic OH excluding ortho intramolecular Hbond substituents is 1. The van der Waals surface area contributed by atoms with Crippen LogP contribution in [-0.4, -0.2) is 16.6 Å². The van der Waals surface area contributed by atoms with Gasteiger partial charge in [0.2, 0.25) is 0 Å². The Morgan fingerprint density at radius 3 is 3.18 bits per heavy atom. The maximum atomic E-state index is 9.45. The van der Waals surface area contributed by atoms with E-state index in [1.165, 1.54) is 6.42 Å². The van der Waals surface area contributed by atoms with Crippen LogP contribution in [0.3, 0.4) is 0 Å². The molecule has 1 aromatic carbocycles. The Morgan fingerprint density at radius 1 is 1.47 bits per heavy atom. The third-order valence-electron chi connectivity index (χ3n) is 2.94. The molecule has 4 heteroatoms. The van der Waals surface area contributed by atoms with Crippen molar-refractivity contribution in [2.45, 2.75) is 18.9 Å². The molecule has 0 saturated carbocycles. The molecule has 2 heterocycles. The van der Waals surface area contributed by atoms with Crippen LogP contribution in [0, 0.1) is 6.20 Å². The Balaban J connectivity index is 1.89. The Bertz CT molecular complexity index is 518. The van der Waals surface area contributed by atoms with E-state index in [0.717, 1.165) is 28.4 Å². The summed E-state index contributed by atoms with van der Waals surface area (Å²) in [6.45, 7) is 1.08. The quantitative estimate of drug-likeness (QED) is 0.855. The first-order valence-electron chi connectivity index (χ1n) is 5.74. The minimum atomic E-state index is 0.282. The van der Waals surface area contributed by atoms with E-state index >= 15 is 0 Å². The summed E-state index contributed by atoms with van der Waals surface area (Å²) in [5.74, 6) is 0.282. The van der Waals surface area contributed by atoms with E-state index in [1.807, 2.05) is 12.1 Å². The van der Waals surface area contributed by atoms with Crippen LogP contribution in [0.15, 0.2) is 24.3 Å². The van der Waals surface area contributed by atoms with E-state index in [4.69, 9.17) is 0 Å². The SMILES string of the molecule is Oc1cccc(-c2[c]nc([C@@H]3CCCN3)s2)c1. The van der Waals surface area contributed by atoms with Gasteiger partial charge in [-0.15, -0.1) is 11.3 Å². The van der Waals surface area contributed by atoms with E-state index < -0.39 is 0 Å². The van der Waals surface area contributed by atoms with Crippen LogP contribution in [0.4, 0.5) is 0 Å². The maximum absolute atomic E-state index is 9.45. The lowest BCUT2D eigenvalue weighted by molar-refractivity contribution is 0.475. The average Bonchev–Trinajstić information content (AvgIpc) is 3.00. The lowest BCUT2D eigenvalue weighted by atomic mass is 10.2. The molecular formula is C13H13N2OS. The van der Waals surface area contributed by atoms with Crippen molar-refractivity contribution in [3.05, 3.63) is 35.5 Å². The van der Waals surface area contributed by atoms with Crippen LogP contribution < -0.4 is 5.32 Å². The Morgan fingerprint density at radius 2 is 2.41 bits per heavy atom. The number of rotatable bonds is 2. The van der Waals surface area contributed by atoms with Crippen LogP contribution in [0.5, 0.6) is 5.75 Å². The molecule has 0 spiro atoms. The summed E-state index contributed by atoms with van der Waals surface area (Å²) < 4.78 is 0. The smallest absolute Gasteiger partial charge is 0.116 e. The van der Waals surface area contributed by atoms with Crippen molar-refractivity contribution in [3.8, 4) is 16.2 Å². The topological polar surface area (TPSA) is 45.2 Å². The largest absolute Gasteiger partial charge is 0.508 e. The molecule has 1 aliphatic rings. The molecule has 17 heavy (non-hydrogen) atoms. The molecule has 3 rings (SSSR count). The van der Waals surface area contributed by atoms with Crippen molar-refractivity contribution in [2.24, 2.45) is 0 Å². The number of hydrogen-bond acceptors (Lipinski definition) is 4. The first-order chi connectivity index (χ1) is 8.33. The fourth-order valence-corrected chi connectivity index (χ4v) is 3.05. The van der Waals surface area contributed by atoms with Crippen molar-refractivity contribution in [3.63, 3.8) is 0 Å². The first kappa shape index (κ1) is 10.7. The normalized spacial score (nSPS) is 19.6. The zero-order valence-corrected chi connectivity index (χ0v) is 10.1. The van der Waals surface area contributed by atoms with Crippen LogP contribution >= 0.6 is 11.3 Å². The molecule has 2 aromatic rings. The van der Waals surface area contributed by atoms with Crippen molar-refractivity contribution in [1.29, 1.82) is 0 Å². The lowest BCUT2D eigenvalue weighted by Crippen LogP contribution is -2.12. The van der Waals surface area contributed by atoms with Crippen molar-refractivity contribution < 1.29 is 5.11 Å². The highest BCUT2D eigenvalue weighted by molar-refractivity contribution is 7.15. The van der Waals surface area contributed by atoms with Crippen LogP contribution in [-0.2, 0) is 0 Å². The maximum Gasteiger partial charge on any atom is 0.116 e. The summed E-state index contributed by atoms with van der Waals surface area (Å²) in [4.78, 5) is 5.34. The third-order valence-corrected chi connectivity index (χ3v) is 4.06. The second-order valence-electron chi connectivity index (χ2n) is 4.19. The molecule has 0 bridgehead atoms. The van der Waals surface area contributed by atoms with Gasteiger partial charge in [0.1, 0.15) is 17.0 Å². The number of thiazole rings is 1. The van der Waals surface area contributed by atoms with Gasteiger partial charge in [-0.3, -0.25) is 0 Å². The standard InChI is InChI=1S/C13H13N2OS/c16-10-4-1-3-9(7-10)12-8-15-13(17-12)11-5-2-6-14-11/h1,3-4,7,11,14,16H,2,5-6H2/t11-/m0/s1. The van der Waals surface area contributed by atoms with Gasteiger partial charge in [0.25, 0.3) is 0 Å². The lowest BCUT2D eigenvalue weighted by Gasteiger charge is -2.04. The number of nitrogens with one attached hydrogen (secondary N) is 1. The van der Waals surface area contributed by atoms with Gasteiger partial charge in [-0.1, -0.05) is 12.1 Å². The van der Waals surface area contributed by atoms with Gasteiger partial charge in [-0.25, -0.2) is 4.98 Å². The molecule has 1 aromatic heterocycles. The number of nitrogens with zero attached hydrogens (tertiary/aromatic N) is 1. The molecule has 1 atom stereocenters. The number of aromatic hydroxyl groups is 1. The van der Waals surface area contributed by atoms with Crippen molar-refractivity contribution in [2.75, 3.05) is 6.54 Å². The molecule has 0 amide bonds. The van der Waals surface area contributed by atoms with Crippen LogP contribution in [0.25, 0.3) is 10.4 Å². The van der Waals surface area contributed by atoms with Gasteiger partial charge < -0.3 is 10.4 Å². The number of phenols is 1. The van der Waals surface area contributed by atoms with Crippen molar-refractivity contribution >= 4 is 11.3 Å². The fourth-order valence-electron chi connectivity index (χ4n) is 2.07. The Labute approximate surface area is 104 Å². The molecule has 1 aliphatic heterocycles. The molecule has 0 unspecified atom stereocenters. The summed E-state index contributed by atoms with van der Waals surface area (Å²) in [6.07, 6.45) is 5.41. The summed E-state index contributed by atoms with van der Waals surface area (Å²) >= 11 is 1.65. The van der Waals surface area contributed by atoms with Gasteiger partial charge in [0.15, 0.2) is 0 Å². The zero-order valence-electron chi connectivity index (χ0n) is 9.31. The number of hydrogen-bond donors (Lipinski definition) is 2. The zero-order chi connectivity index (χ0) is 11.7. The molecule has 3 nitrogen and oxygen atoms in total. The summed E-state index contributed by atoms with van der Waals surface area (Å²) in [5.41, 5.74) is 0.978. The van der Waals surface area contributed by atoms with E-state index in [0.29, 0.717) is 6.04 Å². The minimum Gasteiger partial charge on any atom is -0.508 e. The van der Waals surface area contributed by atoms with Gasteiger partial charge in [0.05, 0.1) is 10.9 Å². The van der Waals surface area contributed by atoms with E-state index in [9.17, 15) is 5.11 Å². The van der Waals surface area contributed by atoms with Gasteiger partial charge >= 0.3 is 0 Å². The highest BCUT2D eigenvalue weighted by Gasteiger charge is 2.19. The van der Waals surface area contributed by atoms with Gasteiger partial charge in [-0.05, 0) is 37.1 Å². The van der Waals surface area contributed by atoms with Crippen LogP contribution in [0.2, 0.25) is 0 Å². The van der Waals surface area contributed by atoms with Gasteiger partial charge in [-0.2, -0.15) is 0 Å². The Kier molecular flexibility index (Phi) is 2.82. The molecule has 2 N–H and O–H groups in total. The Hall–Kier alpha value is -1.39.